The first-order valence-electron chi connectivity index (χ1n) is 2.95. The Morgan fingerprint density at radius 1 is 1.50 bits per heavy atom. The minimum absolute atomic E-state index is 0.0961. The van der Waals surface area contributed by atoms with Crippen molar-refractivity contribution in [3.63, 3.8) is 0 Å². The van der Waals surface area contributed by atoms with E-state index in [-0.39, 0.29) is 6.04 Å². The van der Waals surface area contributed by atoms with E-state index in [9.17, 15) is 4.91 Å². The normalized spacial score (nSPS) is 32.8. The summed E-state index contributed by atoms with van der Waals surface area (Å²) >= 11 is 0. The zero-order valence-electron chi connectivity index (χ0n) is 4.55. The van der Waals surface area contributed by atoms with Crippen molar-refractivity contribution in [3.05, 3.63) is 16.1 Å². The molecule has 0 heterocycles. The molecule has 0 N–H and O–H groups in total. The van der Waals surface area contributed by atoms with Crippen molar-refractivity contribution in [2.24, 2.45) is 5.18 Å². The van der Waals surface area contributed by atoms with Crippen LogP contribution in [0.1, 0.15) is 19.3 Å². The number of hydrogen-bond acceptors (Lipinski definition) is 2. The third-order valence-corrected chi connectivity index (χ3v) is 2.12. The van der Waals surface area contributed by atoms with Gasteiger partial charge in [-0.3, -0.25) is 0 Å². The first-order chi connectivity index (χ1) is 3.92. The second-order valence-corrected chi connectivity index (χ2v) is 2.45. The van der Waals surface area contributed by atoms with Crippen LogP contribution in [0.3, 0.4) is 0 Å². The van der Waals surface area contributed by atoms with Gasteiger partial charge in [0.15, 0.2) is 0 Å². The Kier molecular flexibility index (Phi) is 0.629. The van der Waals surface area contributed by atoms with Gasteiger partial charge in [-0.1, -0.05) is 10.7 Å². The van der Waals surface area contributed by atoms with Crippen molar-refractivity contribution in [3.8, 4) is 0 Å². The van der Waals surface area contributed by atoms with E-state index in [2.05, 4.69) is 5.18 Å². The average Bonchev–Trinajstić information content (AvgIpc) is 1.76. The second kappa shape index (κ2) is 1.19. The van der Waals surface area contributed by atoms with Crippen LogP contribution in [0.4, 0.5) is 0 Å². The van der Waals surface area contributed by atoms with Gasteiger partial charge in [0.2, 0.25) is 0 Å². The second-order valence-electron chi connectivity index (χ2n) is 2.45. The third-order valence-electron chi connectivity index (χ3n) is 2.12. The minimum atomic E-state index is 0.0961. The summed E-state index contributed by atoms with van der Waals surface area (Å²) < 4.78 is 0. The summed E-state index contributed by atoms with van der Waals surface area (Å²) in [6, 6.07) is 0.0961. The molecule has 8 heavy (non-hydrogen) atoms. The topological polar surface area (TPSA) is 29.4 Å². The molecule has 0 aliphatic heterocycles. The Balaban J connectivity index is 2.21. The van der Waals surface area contributed by atoms with Crippen LogP contribution >= 0.6 is 0 Å². The highest BCUT2D eigenvalue weighted by atomic mass is 16.3. The van der Waals surface area contributed by atoms with Crippen LogP contribution in [0.5, 0.6) is 0 Å². The molecular formula is C6H7NO. The molecule has 0 saturated heterocycles. The van der Waals surface area contributed by atoms with Gasteiger partial charge in [0, 0.05) is 0 Å². The molecule has 2 aliphatic rings. The molecule has 1 atom stereocenters. The van der Waals surface area contributed by atoms with Crippen molar-refractivity contribution in [1.82, 2.24) is 0 Å². The Morgan fingerprint density at radius 3 is 2.50 bits per heavy atom. The lowest BCUT2D eigenvalue weighted by Crippen LogP contribution is -2.28. The maximum Gasteiger partial charge on any atom is 0.117 e. The highest BCUT2D eigenvalue weighted by molar-refractivity contribution is 5.39. The maximum absolute atomic E-state index is 9.89. The summed E-state index contributed by atoms with van der Waals surface area (Å²) in [5, 5.41) is 2.97. The van der Waals surface area contributed by atoms with Crippen LogP contribution < -0.4 is 0 Å². The molecule has 0 amide bonds. The van der Waals surface area contributed by atoms with E-state index in [1.807, 2.05) is 0 Å². The molecule has 1 unspecified atom stereocenters. The Bertz CT molecular complexity index is 171. The van der Waals surface area contributed by atoms with E-state index in [0.29, 0.717) is 0 Å². The summed E-state index contributed by atoms with van der Waals surface area (Å²) in [6.07, 6.45) is 3.35. The van der Waals surface area contributed by atoms with Crippen LogP contribution in [0.2, 0.25) is 0 Å². The maximum atomic E-state index is 9.89. The van der Waals surface area contributed by atoms with Crippen LogP contribution in [0.15, 0.2) is 16.3 Å². The van der Waals surface area contributed by atoms with Crippen molar-refractivity contribution in [2.45, 2.75) is 25.3 Å². The van der Waals surface area contributed by atoms with E-state index in [1.54, 1.807) is 0 Å². The molecule has 0 radical (unpaired) electrons. The van der Waals surface area contributed by atoms with Crippen molar-refractivity contribution in [2.75, 3.05) is 0 Å². The van der Waals surface area contributed by atoms with Gasteiger partial charge in [-0.05, 0) is 24.8 Å². The SMILES string of the molecule is O=NC1CC2=C1CC2. The molecule has 0 spiro atoms. The third kappa shape index (κ3) is 0.299. The molecule has 2 heteroatoms. The van der Waals surface area contributed by atoms with E-state index >= 15 is 0 Å². The first-order valence-corrected chi connectivity index (χ1v) is 2.95. The van der Waals surface area contributed by atoms with Gasteiger partial charge in [0.05, 0.1) is 0 Å². The molecule has 0 aromatic heterocycles. The number of hydrogen-bond donors (Lipinski definition) is 0. The fraction of sp³-hybridized carbons (Fsp3) is 0.667. The molecule has 0 fully saturated rings. The Hall–Kier alpha value is -0.660. The Morgan fingerprint density at radius 2 is 2.38 bits per heavy atom. The molecule has 42 valence electrons. The van der Waals surface area contributed by atoms with Crippen molar-refractivity contribution in [1.29, 1.82) is 0 Å². The summed E-state index contributed by atoms with van der Waals surface area (Å²) in [4.78, 5) is 9.89. The van der Waals surface area contributed by atoms with Crippen LogP contribution in [0.25, 0.3) is 0 Å². The van der Waals surface area contributed by atoms with E-state index in [1.165, 1.54) is 17.6 Å². The fourth-order valence-electron chi connectivity index (χ4n) is 1.41. The summed E-state index contributed by atoms with van der Waals surface area (Å²) in [5.74, 6) is 0. The Labute approximate surface area is 47.6 Å². The highest BCUT2D eigenvalue weighted by Crippen LogP contribution is 2.45. The fourth-order valence-corrected chi connectivity index (χ4v) is 1.41. The van der Waals surface area contributed by atoms with Gasteiger partial charge < -0.3 is 0 Å². The number of rotatable bonds is 1. The monoisotopic (exact) mass is 109 g/mol. The van der Waals surface area contributed by atoms with Crippen molar-refractivity contribution < 1.29 is 0 Å². The van der Waals surface area contributed by atoms with E-state index < -0.39 is 0 Å². The van der Waals surface area contributed by atoms with Gasteiger partial charge in [-0.2, -0.15) is 4.91 Å². The predicted octanol–water partition coefficient (Wildman–Crippen LogP) is 1.62. The predicted molar refractivity (Wildman–Crippen MR) is 30.5 cm³/mol. The smallest absolute Gasteiger partial charge is 0.117 e. The number of nitroso groups, excluding NO2 is 1. The summed E-state index contributed by atoms with van der Waals surface area (Å²) in [5.41, 5.74) is 2.86. The van der Waals surface area contributed by atoms with E-state index in [4.69, 9.17) is 0 Å². The zero-order valence-corrected chi connectivity index (χ0v) is 4.55. The lowest BCUT2D eigenvalue weighted by molar-refractivity contribution is 0.525. The van der Waals surface area contributed by atoms with Gasteiger partial charge in [0.25, 0.3) is 0 Å². The molecule has 0 aromatic rings. The first kappa shape index (κ1) is 4.24. The van der Waals surface area contributed by atoms with Crippen LogP contribution in [-0.4, -0.2) is 6.04 Å². The summed E-state index contributed by atoms with van der Waals surface area (Å²) in [7, 11) is 0. The molecule has 0 aromatic carbocycles. The van der Waals surface area contributed by atoms with Crippen LogP contribution in [0, 0.1) is 4.91 Å². The molecule has 0 bridgehead atoms. The quantitative estimate of drug-likeness (QED) is 0.371. The highest BCUT2D eigenvalue weighted by Gasteiger charge is 2.35. The van der Waals surface area contributed by atoms with Crippen LogP contribution in [-0.2, 0) is 0 Å². The van der Waals surface area contributed by atoms with Gasteiger partial charge in [-0.15, -0.1) is 0 Å². The largest absolute Gasteiger partial charge is 0.150 e. The number of nitrogens with zero attached hydrogens (tertiary/aromatic N) is 1. The molecular weight excluding hydrogens is 102 g/mol. The molecule has 2 aliphatic carbocycles. The van der Waals surface area contributed by atoms with Gasteiger partial charge in [-0.25, -0.2) is 0 Å². The molecule has 2 nitrogen and oxygen atoms in total. The van der Waals surface area contributed by atoms with E-state index in [0.717, 1.165) is 12.8 Å². The average molecular weight is 109 g/mol. The zero-order chi connectivity index (χ0) is 5.56. The minimum Gasteiger partial charge on any atom is -0.150 e. The standard InChI is InChI=1S/C6H7NO/c8-7-6-3-4-1-2-5(4)6/h6H,1-3H2. The lowest BCUT2D eigenvalue weighted by Gasteiger charge is -2.36. The van der Waals surface area contributed by atoms with Gasteiger partial charge in [0.1, 0.15) is 6.04 Å². The molecule has 2 rings (SSSR count). The molecule has 0 saturated carbocycles. The lowest BCUT2D eigenvalue weighted by atomic mass is 9.70. The van der Waals surface area contributed by atoms with Gasteiger partial charge >= 0.3 is 0 Å². The summed E-state index contributed by atoms with van der Waals surface area (Å²) in [6.45, 7) is 0. The van der Waals surface area contributed by atoms with Crippen molar-refractivity contribution >= 4 is 0 Å².